The third-order valence-corrected chi connectivity index (χ3v) is 8.55. The van der Waals surface area contributed by atoms with Crippen molar-refractivity contribution >= 4 is 38.3 Å². The van der Waals surface area contributed by atoms with Crippen LogP contribution >= 0.6 is 0 Å². The van der Waals surface area contributed by atoms with Gasteiger partial charge in [-0.15, -0.1) is 0 Å². The van der Waals surface area contributed by atoms with Gasteiger partial charge in [-0.05, 0) is 57.9 Å². The summed E-state index contributed by atoms with van der Waals surface area (Å²) in [5, 5.41) is 8.18. The lowest BCUT2D eigenvalue weighted by Crippen LogP contribution is -2.31. The van der Waals surface area contributed by atoms with Crippen LogP contribution in [0.3, 0.4) is 0 Å². The zero-order valence-electron chi connectivity index (χ0n) is 21.1. The molecule has 0 radical (unpaired) electrons. The number of fused-ring (bicyclic) bond motifs is 1. The van der Waals surface area contributed by atoms with Gasteiger partial charge in [-0.1, -0.05) is 13.8 Å². The molecule has 188 valence electrons. The van der Waals surface area contributed by atoms with E-state index in [9.17, 15) is 13.2 Å². The molecule has 0 saturated carbocycles. The molecular formula is C25H34N6O3S. The molecule has 3 heterocycles. The largest absolute Gasteiger partial charge is 0.370 e. The molecule has 3 aromatic rings. The third kappa shape index (κ3) is 4.77. The van der Waals surface area contributed by atoms with E-state index < -0.39 is 10.0 Å². The van der Waals surface area contributed by atoms with E-state index in [1.807, 2.05) is 32.4 Å². The van der Waals surface area contributed by atoms with E-state index in [1.54, 1.807) is 37.4 Å². The molecular weight excluding hydrogens is 464 g/mol. The average Bonchev–Trinajstić information content (AvgIpc) is 3.49. The predicted octanol–water partition coefficient (Wildman–Crippen LogP) is 4.20. The molecule has 4 rings (SSSR count). The average molecular weight is 499 g/mol. The van der Waals surface area contributed by atoms with Crippen molar-refractivity contribution in [2.24, 2.45) is 0 Å². The zero-order chi connectivity index (χ0) is 25.3. The Bertz CT molecular complexity index is 1340. The standard InChI is InChI=1S/C25H34N6O3S/c1-6-30(7-2)35(33,34)20-10-11-23(29-12-8-9-13-29)22(15-20)28-25(32)21-14-19-16-26-31(17(3)4)24(19)27-18(21)5/h10-11,14-17H,6-9,12-13H2,1-5H3,(H,28,32). The summed E-state index contributed by atoms with van der Waals surface area (Å²) in [5.41, 5.74) is 3.08. The Morgan fingerprint density at radius 1 is 1.14 bits per heavy atom. The van der Waals surface area contributed by atoms with Crippen LogP contribution in [-0.2, 0) is 10.0 Å². The maximum Gasteiger partial charge on any atom is 0.257 e. The quantitative estimate of drug-likeness (QED) is 0.500. The molecule has 1 amide bonds. The second-order valence-electron chi connectivity index (χ2n) is 9.13. The van der Waals surface area contributed by atoms with Crippen LogP contribution in [0, 0.1) is 6.92 Å². The molecule has 1 aromatic carbocycles. The number of sulfonamides is 1. The van der Waals surface area contributed by atoms with Crippen LogP contribution in [0.25, 0.3) is 11.0 Å². The Balaban J connectivity index is 1.74. The summed E-state index contributed by atoms with van der Waals surface area (Å²) >= 11 is 0. The Hall–Kier alpha value is -2.98. The number of amides is 1. The van der Waals surface area contributed by atoms with Crippen molar-refractivity contribution in [2.45, 2.75) is 58.4 Å². The number of pyridine rings is 1. The van der Waals surface area contributed by atoms with E-state index in [0.717, 1.165) is 42.7 Å². The lowest BCUT2D eigenvalue weighted by molar-refractivity contribution is 0.102. The minimum Gasteiger partial charge on any atom is -0.370 e. The predicted molar refractivity (Wildman–Crippen MR) is 139 cm³/mol. The van der Waals surface area contributed by atoms with Crippen molar-refractivity contribution < 1.29 is 13.2 Å². The van der Waals surface area contributed by atoms with Gasteiger partial charge in [-0.2, -0.15) is 9.40 Å². The van der Waals surface area contributed by atoms with Gasteiger partial charge in [0.15, 0.2) is 5.65 Å². The van der Waals surface area contributed by atoms with E-state index in [2.05, 4.69) is 20.3 Å². The van der Waals surface area contributed by atoms with Crippen molar-refractivity contribution in [2.75, 3.05) is 36.4 Å². The number of anilines is 2. The van der Waals surface area contributed by atoms with Crippen LogP contribution in [0.4, 0.5) is 11.4 Å². The monoisotopic (exact) mass is 498 g/mol. The summed E-state index contributed by atoms with van der Waals surface area (Å²) in [6.45, 7) is 12.0. The van der Waals surface area contributed by atoms with Crippen molar-refractivity contribution in [3.8, 4) is 0 Å². The first kappa shape index (κ1) is 25.1. The zero-order valence-corrected chi connectivity index (χ0v) is 21.9. The molecule has 10 heteroatoms. The second-order valence-corrected chi connectivity index (χ2v) is 11.1. The molecule has 1 aliphatic heterocycles. The number of carbonyl (C=O) groups is 1. The van der Waals surface area contributed by atoms with Crippen LogP contribution in [0.5, 0.6) is 0 Å². The fourth-order valence-electron chi connectivity index (χ4n) is 4.59. The second kappa shape index (κ2) is 9.94. The number of rotatable bonds is 8. The Morgan fingerprint density at radius 2 is 1.83 bits per heavy atom. The fraction of sp³-hybridized carbons (Fsp3) is 0.480. The van der Waals surface area contributed by atoms with Gasteiger partial charge < -0.3 is 10.2 Å². The molecule has 0 bridgehead atoms. The van der Waals surface area contributed by atoms with E-state index in [-0.39, 0.29) is 16.8 Å². The van der Waals surface area contributed by atoms with Gasteiger partial charge in [0, 0.05) is 37.6 Å². The highest BCUT2D eigenvalue weighted by atomic mass is 32.2. The summed E-state index contributed by atoms with van der Waals surface area (Å²) in [6, 6.07) is 6.97. The van der Waals surface area contributed by atoms with Crippen LogP contribution in [0.15, 0.2) is 35.4 Å². The van der Waals surface area contributed by atoms with E-state index in [0.29, 0.717) is 30.0 Å². The molecule has 1 aliphatic rings. The highest BCUT2D eigenvalue weighted by Crippen LogP contribution is 2.33. The number of carbonyl (C=O) groups excluding carboxylic acids is 1. The van der Waals surface area contributed by atoms with E-state index in [4.69, 9.17) is 0 Å². The molecule has 0 atom stereocenters. The highest BCUT2D eigenvalue weighted by Gasteiger charge is 2.25. The number of benzene rings is 1. The van der Waals surface area contributed by atoms with Crippen molar-refractivity contribution in [3.63, 3.8) is 0 Å². The van der Waals surface area contributed by atoms with Crippen LogP contribution < -0.4 is 10.2 Å². The van der Waals surface area contributed by atoms with Gasteiger partial charge in [0.25, 0.3) is 5.91 Å². The van der Waals surface area contributed by atoms with Gasteiger partial charge in [0.05, 0.1) is 33.7 Å². The Morgan fingerprint density at radius 3 is 2.46 bits per heavy atom. The number of hydrogen-bond donors (Lipinski definition) is 1. The molecule has 0 aliphatic carbocycles. The van der Waals surface area contributed by atoms with Gasteiger partial charge in [-0.25, -0.2) is 18.1 Å². The summed E-state index contributed by atoms with van der Waals surface area (Å²) in [5.74, 6) is -0.327. The molecule has 1 N–H and O–H groups in total. The van der Waals surface area contributed by atoms with Gasteiger partial charge >= 0.3 is 0 Å². The minimum atomic E-state index is -3.67. The topological polar surface area (TPSA) is 100 Å². The summed E-state index contributed by atoms with van der Waals surface area (Å²) in [7, 11) is -3.67. The number of nitrogens with one attached hydrogen (secondary N) is 1. The van der Waals surface area contributed by atoms with Crippen LogP contribution in [0.1, 0.15) is 62.6 Å². The van der Waals surface area contributed by atoms with Crippen LogP contribution in [-0.4, -0.2) is 59.6 Å². The molecule has 1 saturated heterocycles. The summed E-state index contributed by atoms with van der Waals surface area (Å²) < 4.78 is 29.6. The number of aryl methyl sites for hydroxylation is 1. The van der Waals surface area contributed by atoms with Crippen molar-refractivity contribution in [1.29, 1.82) is 0 Å². The number of aromatic nitrogens is 3. The molecule has 9 nitrogen and oxygen atoms in total. The highest BCUT2D eigenvalue weighted by molar-refractivity contribution is 7.89. The summed E-state index contributed by atoms with van der Waals surface area (Å²) in [6.07, 6.45) is 3.84. The van der Waals surface area contributed by atoms with Crippen molar-refractivity contribution in [1.82, 2.24) is 19.1 Å². The molecule has 2 aromatic heterocycles. The van der Waals surface area contributed by atoms with Crippen LogP contribution in [0.2, 0.25) is 0 Å². The van der Waals surface area contributed by atoms with Crippen molar-refractivity contribution in [3.05, 3.63) is 41.7 Å². The van der Waals surface area contributed by atoms with Gasteiger partial charge in [0.1, 0.15) is 0 Å². The van der Waals surface area contributed by atoms with Gasteiger partial charge in [0.2, 0.25) is 10.0 Å². The molecule has 0 spiro atoms. The lowest BCUT2D eigenvalue weighted by Gasteiger charge is -2.24. The fourth-order valence-corrected chi connectivity index (χ4v) is 6.07. The Kier molecular flexibility index (Phi) is 7.14. The SMILES string of the molecule is CCN(CC)S(=O)(=O)c1ccc(N2CCCC2)c(NC(=O)c2cc3cnn(C(C)C)c3nc2C)c1. The van der Waals surface area contributed by atoms with E-state index in [1.165, 1.54) is 4.31 Å². The molecule has 0 unspecified atom stereocenters. The normalized spacial score (nSPS) is 14.4. The number of hydrogen-bond acceptors (Lipinski definition) is 6. The van der Waals surface area contributed by atoms with Gasteiger partial charge in [-0.3, -0.25) is 4.79 Å². The van der Waals surface area contributed by atoms with E-state index >= 15 is 0 Å². The maximum absolute atomic E-state index is 13.4. The maximum atomic E-state index is 13.4. The lowest BCUT2D eigenvalue weighted by atomic mass is 10.1. The Labute approximate surface area is 207 Å². The molecule has 35 heavy (non-hydrogen) atoms. The first-order valence-corrected chi connectivity index (χ1v) is 13.7. The minimum absolute atomic E-state index is 0.151. The summed E-state index contributed by atoms with van der Waals surface area (Å²) in [4.78, 5) is 20.4. The molecule has 1 fully saturated rings. The number of nitrogens with zero attached hydrogens (tertiary/aromatic N) is 5. The first-order chi connectivity index (χ1) is 16.7. The smallest absolute Gasteiger partial charge is 0.257 e. The third-order valence-electron chi connectivity index (χ3n) is 6.50. The first-order valence-electron chi connectivity index (χ1n) is 12.2.